The topological polar surface area (TPSA) is 9.23 Å². The predicted octanol–water partition coefficient (Wildman–Crippen LogP) is 1.53. The second kappa shape index (κ2) is 3.66. The molecule has 0 aromatic carbocycles. The van der Waals surface area contributed by atoms with Crippen molar-refractivity contribution in [3.8, 4) is 0 Å². The lowest BCUT2D eigenvalue weighted by molar-refractivity contribution is -0.110. The van der Waals surface area contributed by atoms with Gasteiger partial charge in [0.05, 0.1) is 0 Å². The molecular formula is C4H6F4O. The van der Waals surface area contributed by atoms with Gasteiger partial charge in [-0.05, 0) is 0 Å². The van der Waals surface area contributed by atoms with Gasteiger partial charge >= 0.3 is 0 Å². The van der Waals surface area contributed by atoms with E-state index in [4.69, 9.17) is 0 Å². The van der Waals surface area contributed by atoms with Crippen LogP contribution in [-0.4, -0.2) is 26.1 Å². The van der Waals surface area contributed by atoms with Gasteiger partial charge in [-0.15, -0.1) is 0 Å². The van der Waals surface area contributed by atoms with E-state index in [9.17, 15) is 17.6 Å². The van der Waals surface area contributed by atoms with Crippen LogP contribution < -0.4 is 0 Å². The third-order valence-corrected chi connectivity index (χ3v) is 0.769. The minimum absolute atomic E-state index is 0.822. The number of rotatable bonds is 3. The predicted molar refractivity (Wildman–Crippen MR) is 22.8 cm³/mol. The average Bonchev–Trinajstić information content (AvgIpc) is 1.64. The van der Waals surface area contributed by atoms with Crippen molar-refractivity contribution in [2.45, 2.75) is 19.0 Å². The van der Waals surface area contributed by atoms with Crippen LogP contribution in [0.25, 0.3) is 0 Å². The molecule has 0 amide bonds. The SMILES string of the molecule is COC(C(F)F)C(F)F. The maximum Gasteiger partial charge on any atom is 0.269 e. The summed E-state index contributed by atoms with van der Waals surface area (Å²) >= 11 is 0. The van der Waals surface area contributed by atoms with Crippen LogP contribution in [0.3, 0.4) is 0 Å². The molecular weight excluding hydrogens is 140 g/mol. The molecule has 5 heteroatoms. The van der Waals surface area contributed by atoms with Crippen molar-refractivity contribution in [3.05, 3.63) is 0 Å². The molecule has 0 saturated heterocycles. The summed E-state index contributed by atoms with van der Waals surface area (Å²) < 4.78 is 49.2. The van der Waals surface area contributed by atoms with Crippen LogP contribution in [0, 0.1) is 0 Å². The molecule has 9 heavy (non-hydrogen) atoms. The Morgan fingerprint density at radius 1 is 1.00 bits per heavy atom. The third kappa shape index (κ3) is 2.64. The Morgan fingerprint density at radius 2 is 1.33 bits per heavy atom. The standard InChI is InChI=1S/C4H6F4O/c1-9-2(3(5)6)4(7)8/h2-4H,1H3. The van der Waals surface area contributed by atoms with E-state index in [1.54, 1.807) is 0 Å². The van der Waals surface area contributed by atoms with Crippen LogP contribution >= 0.6 is 0 Å². The van der Waals surface area contributed by atoms with Gasteiger partial charge < -0.3 is 4.74 Å². The van der Waals surface area contributed by atoms with Crippen LogP contribution in [-0.2, 0) is 4.74 Å². The second-order valence-corrected chi connectivity index (χ2v) is 1.37. The number of ether oxygens (including phenoxy) is 1. The van der Waals surface area contributed by atoms with E-state index >= 15 is 0 Å². The Labute approximate surface area is 49.6 Å². The van der Waals surface area contributed by atoms with Gasteiger partial charge in [0.15, 0.2) is 6.10 Å². The quantitative estimate of drug-likeness (QED) is 0.548. The Morgan fingerprint density at radius 3 is 1.33 bits per heavy atom. The molecule has 0 unspecified atom stereocenters. The summed E-state index contributed by atoms with van der Waals surface area (Å²) in [6, 6.07) is 0. The number of halogens is 4. The lowest BCUT2D eigenvalue weighted by atomic mass is 10.4. The normalized spacial score (nSPS) is 12.0. The molecule has 0 aliphatic carbocycles. The van der Waals surface area contributed by atoms with Gasteiger partial charge in [0, 0.05) is 7.11 Å². The summed E-state index contributed by atoms with van der Waals surface area (Å²) in [5.74, 6) is 0. The lowest BCUT2D eigenvalue weighted by Crippen LogP contribution is -2.28. The number of alkyl halides is 4. The fourth-order valence-electron chi connectivity index (χ4n) is 0.316. The minimum Gasteiger partial charge on any atom is -0.370 e. The number of hydrogen-bond donors (Lipinski definition) is 0. The molecule has 0 aliphatic heterocycles. The fraction of sp³-hybridized carbons (Fsp3) is 1.00. The lowest BCUT2D eigenvalue weighted by Gasteiger charge is -2.11. The van der Waals surface area contributed by atoms with Crippen molar-refractivity contribution in [2.24, 2.45) is 0 Å². The monoisotopic (exact) mass is 146 g/mol. The van der Waals surface area contributed by atoms with Gasteiger partial charge in [-0.2, -0.15) is 0 Å². The Balaban J connectivity index is 3.68. The van der Waals surface area contributed by atoms with Crippen molar-refractivity contribution in [3.63, 3.8) is 0 Å². The zero-order valence-electron chi connectivity index (χ0n) is 4.65. The third-order valence-electron chi connectivity index (χ3n) is 0.769. The summed E-state index contributed by atoms with van der Waals surface area (Å²) in [6.07, 6.45) is -8.48. The molecule has 0 radical (unpaired) electrons. The van der Waals surface area contributed by atoms with Crippen molar-refractivity contribution in [1.29, 1.82) is 0 Å². The van der Waals surface area contributed by atoms with Crippen molar-refractivity contribution >= 4 is 0 Å². The first-order chi connectivity index (χ1) is 4.09. The molecule has 0 heterocycles. The van der Waals surface area contributed by atoms with Crippen molar-refractivity contribution in [2.75, 3.05) is 7.11 Å². The van der Waals surface area contributed by atoms with E-state index in [-0.39, 0.29) is 0 Å². The highest BCUT2D eigenvalue weighted by Crippen LogP contribution is 2.12. The highest BCUT2D eigenvalue weighted by atomic mass is 19.3. The molecule has 0 atom stereocenters. The number of methoxy groups -OCH3 is 1. The molecule has 1 nitrogen and oxygen atoms in total. The molecule has 0 aliphatic rings. The smallest absolute Gasteiger partial charge is 0.269 e. The Kier molecular flexibility index (Phi) is 3.53. The van der Waals surface area contributed by atoms with Crippen LogP contribution in [0.2, 0.25) is 0 Å². The summed E-state index contributed by atoms with van der Waals surface area (Å²) in [7, 11) is 0.822. The van der Waals surface area contributed by atoms with Crippen molar-refractivity contribution in [1.82, 2.24) is 0 Å². The first-order valence-corrected chi connectivity index (χ1v) is 2.18. The van der Waals surface area contributed by atoms with E-state index in [2.05, 4.69) is 4.74 Å². The highest BCUT2D eigenvalue weighted by Gasteiger charge is 2.29. The summed E-state index contributed by atoms with van der Waals surface area (Å²) in [4.78, 5) is 0. The van der Waals surface area contributed by atoms with Crippen LogP contribution in [0.1, 0.15) is 0 Å². The summed E-state index contributed by atoms with van der Waals surface area (Å²) in [6.45, 7) is 0. The first-order valence-electron chi connectivity index (χ1n) is 2.18. The minimum atomic E-state index is -3.12. The molecule has 0 saturated carbocycles. The van der Waals surface area contributed by atoms with Crippen LogP contribution in [0.15, 0.2) is 0 Å². The van der Waals surface area contributed by atoms with Gasteiger partial charge in [0.25, 0.3) is 12.9 Å². The maximum atomic E-state index is 11.3. The molecule has 0 fully saturated rings. The maximum absolute atomic E-state index is 11.3. The Bertz CT molecular complexity index is 67.0. The fourth-order valence-corrected chi connectivity index (χ4v) is 0.316. The van der Waals surface area contributed by atoms with Gasteiger partial charge in [-0.1, -0.05) is 0 Å². The van der Waals surface area contributed by atoms with Crippen molar-refractivity contribution < 1.29 is 22.3 Å². The molecule has 0 aromatic rings. The zero-order chi connectivity index (χ0) is 7.44. The van der Waals surface area contributed by atoms with E-state index in [1.807, 2.05) is 0 Å². The Hall–Kier alpha value is -0.320. The van der Waals surface area contributed by atoms with Gasteiger partial charge in [0.1, 0.15) is 0 Å². The van der Waals surface area contributed by atoms with Gasteiger partial charge in [0.2, 0.25) is 0 Å². The van der Waals surface area contributed by atoms with E-state index in [0.29, 0.717) is 0 Å². The van der Waals surface area contributed by atoms with E-state index in [1.165, 1.54) is 0 Å². The average molecular weight is 146 g/mol. The van der Waals surface area contributed by atoms with E-state index < -0.39 is 19.0 Å². The molecule has 0 spiro atoms. The molecule has 0 aromatic heterocycles. The molecule has 56 valence electrons. The second-order valence-electron chi connectivity index (χ2n) is 1.37. The van der Waals surface area contributed by atoms with E-state index in [0.717, 1.165) is 7.11 Å². The van der Waals surface area contributed by atoms with Crippen LogP contribution in [0.5, 0.6) is 0 Å². The molecule has 0 bridgehead atoms. The summed E-state index contributed by atoms with van der Waals surface area (Å²) in [5, 5.41) is 0. The number of hydrogen-bond acceptors (Lipinski definition) is 1. The first kappa shape index (κ1) is 8.68. The largest absolute Gasteiger partial charge is 0.370 e. The van der Waals surface area contributed by atoms with Gasteiger partial charge in [-0.25, -0.2) is 17.6 Å². The highest BCUT2D eigenvalue weighted by molar-refractivity contribution is 4.61. The molecule has 0 N–H and O–H groups in total. The van der Waals surface area contributed by atoms with Gasteiger partial charge in [-0.3, -0.25) is 0 Å². The molecule has 0 rings (SSSR count). The summed E-state index contributed by atoms with van der Waals surface area (Å²) in [5.41, 5.74) is 0. The van der Waals surface area contributed by atoms with Crippen LogP contribution in [0.4, 0.5) is 17.6 Å². The zero-order valence-corrected chi connectivity index (χ0v) is 4.65.